The summed E-state index contributed by atoms with van der Waals surface area (Å²) in [6, 6.07) is 16.8. The molecule has 3 nitrogen and oxygen atoms in total. The van der Waals surface area contributed by atoms with Gasteiger partial charge in [-0.1, -0.05) is 0 Å². The maximum absolute atomic E-state index is 4.47. The van der Waals surface area contributed by atoms with Crippen LogP contribution in [0.4, 0.5) is 5.69 Å². The van der Waals surface area contributed by atoms with Crippen LogP contribution in [0.2, 0.25) is 0 Å². The van der Waals surface area contributed by atoms with Gasteiger partial charge in [-0.15, -0.1) is 0 Å². The predicted octanol–water partition coefficient (Wildman–Crippen LogP) is 2.73. The number of aromatic nitrogens is 2. The van der Waals surface area contributed by atoms with Gasteiger partial charge in [-0.3, -0.25) is 0 Å². The summed E-state index contributed by atoms with van der Waals surface area (Å²) in [6.45, 7) is 0.966. The Morgan fingerprint density at radius 2 is 1.84 bits per heavy atom. The summed E-state index contributed by atoms with van der Waals surface area (Å²) in [7, 11) is 0. The number of nitrogens with zero attached hydrogens (tertiary/aromatic N) is 2. The van der Waals surface area contributed by atoms with E-state index in [4.69, 9.17) is 0 Å². The first-order valence-electron chi connectivity index (χ1n) is 6.42. The molecular formula is C15H15N3Se. The van der Waals surface area contributed by atoms with Crippen molar-refractivity contribution in [2.24, 2.45) is 0 Å². The molecule has 0 aliphatic rings. The van der Waals surface area contributed by atoms with E-state index in [0.717, 1.165) is 36.1 Å². The minimum atomic E-state index is 0.0458. The fraction of sp³-hybridized carbons (Fsp3) is 0.200. The van der Waals surface area contributed by atoms with Crippen LogP contribution in [0.15, 0.2) is 48.5 Å². The van der Waals surface area contributed by atoms with E-state index in [-0.39, 0.29) is 15.0 Å². The molecule has 1 aromatic heterocycles. The van der Waals surface area contributed by atoms with Crippen molar-refractivity contribution in [3.05, 3.63) is 54.1 Å². The molecule has 3 aromatic rings. The van der Waals surface area contributed by atoms with E-state index in [2.05, 4.69) is 49.7 Å². The first kappa shape index (κ1) is 12.4. The van der Waals surface area contributed by atoms with Crippen molar-refractivity contribution in [2.45, 2.75) is 12.8 Å². The molecule has 3 rings (SSSR count). The Labute approximate surface area is 118 Å². The topological polar surface area (TPSA) is 37.8 Å². The Kier molecular flexibility index (Phi) is 3.92. The summed E-state index contributed by atoms with van der Waals surface area (Å²) in [6.07, 6.45) is 2.23. The van der Waals surface area contributed by atoms with Gasteiger partial charge in [0, 0.05) is 0 Å². The molecule has 0 saturated carbocycles. The fourth-order valence-electron chi connectivity index (χ4n) is 2.11. The van der Waals surface area contributed by atoms with Crippen molar-refractivity contribution in [3.8, 4) is 0 Å². The molecule has 1 N–H and O–H groups in total. The quantitative estimate of drug-likeness (QED) is 0.581. The first-order chi connectivity index (χ1) is 9.43. The molecule has 96 valence electrons. The summed E-state index contributed by atoms with van der Waals surface area (Å²) in [5.41, 5.74) is 4.59. The van der Waals surface area contributed by atoms with Crippen LogP contribution in [0.5, 0.6) is 0 Å². The molecule has 0 amide bonds. The van der Waals surface area contributed by atoms with Crippen molar-refractivity contribution >= 4 is 31.7 Å². The van der Waals surface area contributed by atoms with Gasteiger partial charge in [-0.25, -0.2) is 0 Å². The predicted molar refractivity (Wildman–Crippen MR) is 79.7 cm³/mol. The van der Waals surface area contributed by atoms with Gasteiger partial charge in [0.1, 0.15) is 0 Å². The van der Waals surface area contributed by atoms with E-state index in [1.54, 1.807) is 0 Å². The van der Waals surface area contributed by atoms with Gasteiger partial charge in [0.05, 0.1) is 0 Å². The summed E-state index contributed by atoms with van der Waals surface area (Å²) in [5.74, 6) is 0. The van der Waals surface area contributed by atoms with E-state index in [9.17, 15) is 0 Å². The van der Waals surface area contributed by atoms with E-state index >= 15 is 0 Å². The van der Waals surface area contributed by atoms with Crippen molar-refractivity contribution in [1.82, 2.24) is 7.96 Å². The third kappa shape index (κ3) is 3.03. The Morgan fingerprint density at radius 3 is 2.74 bits per heavy atom. The molecule has 1 heterocycles. The number of nitrogens with one attached hydrogen (secondary N) is 1. The summed E-state index contributed by atoms with van der Waals surface area (Å²) >= 11 is 0.0458. The number of anilines is 1. The van der Waals surface area contributed by atoms with Crippen molar-refractivity contribution < 1.29 is 0 Å². The molecule has 19 heavy (non-hydrogen) atoms. The van der Waals surface area contributed by atoms with Gasteiger partial charge >= 0.3 is 118 Å². The molecule has 0 aliphatic heterocycles. The van der Waals surface area contributed by atoms with Crippen LogP contribution in [0, 0.1) is 0 Å². The van der Waals surface area contributed by atoms with Gasteiger partial charge in [0.15, 0.2) is 0 Å². The number of aryl methyl sites for hydroxylation is 1. The molecule has 2 aromatic carbocycles. The van der Waals surface area contributed by atoms with E-state index < -0.39 is 0 Å². The van der Waals surface area contributed by atoms with E-state index in [1.165, 1.54) is 5.56 Å². The van der Waals surface area contributed by atoms with Crippen molar-refractivity contribution in [1.29, 1.82) is 0 Å². The molecule has 4 heteroatoms. The van der Waals surface area contributed by atoms with Gasteiger partial charge in [-0.05, 0) is 0 Å². The normalized spacial score (nSPS) is 10.7. The zero-order valence-electron chi connectivity index (χ0n) is 10.5. The Balaban J connectivity index is 1.57. The van der Waals surface area contributed by atoms with E-state index in [0.29, 0.717) is 0 Å². The van der Waals surface area contributed by atoms with Crippen molar-refractivity contribution in [2.75, 3.05) is 11.9 Å². The third-order valence-electron chi connectivity index (χ3n) is 3.09. The van der Waals surface area contributed by atoms with Crippen LogP contribution in [0.3, 0.4) is 0 Å². The molecule has 0 bridgehead atoms. The van der Waals surface area contributed by atoms with Crippen LogP contribution < -0.4 is 5.32 Å². The molecule has 0 radical (unpaired) electrons. The van der Waals surface area contributed by atoms with Crippen LogP contribution >= 0.6 is 0 Å². The molecule has 0 fully saturated rings. The van der Waals surface area contributed by atoms with Crippen LogP contribution in [-0.2, 0) is 6.42 Å². The molecule has 0 saturated heterocycles. The molecule has 0 unspecified atom stereocenters. The SMILES string of the molecule is c1ccc(CCCNc2cccc3n[se]nc23)cc1. The zero-order chi connectivity index (χ0) is 12.9. The maximum atomic E-state index is 4.47. The average Bonchev–Trinajstić information content (AvgIpc) is 2.94. The average molecular weight is 316 g/mol. The molecular weight excluding hydrogens is 301 g/mol. The number of rotatable bonds is 5. The van der Waals surface area contributed by atoms with Crippen LogP contribution in [0.25, 0.3) is 11.0 Å². The van der Waals surface area contributed by atoms with Crippen LogP contribution in [0.1, 0.15) is 12.0 Å². The number of hydrogen-bond donors (Lipinski definition) is 1. The van der Waals surface area contributed by atoms with Gasteiger partial charge < -0.3 is 0 Å². The second kappa shape index (κ2) is 6.00. The Hall–Kier alpha value is -1.64. The van der Waals surface area contributed by atoms with Gasteiger partial charge in [0.2, 0.25) is 0 Å². The minimum absolute atomic E-state index is 0.0458. The fourth-order valence-corrected chi connectivity index (χ4v) is 3.26. The molecule has 0 atom stereocenters. The zero-order valence-corrected chi connectivity index (χ0v) is 12.3. The summed E-state index contributed by atoms with van der Waals surface area (Å²) < 4.78 is 8.86. The third-order valence-corrected chi connectivity index (χ3v) is 4.22. The summed E-state index contributed by atoms with van der Waals surface area (Å²) in [5, 5.41) is 3.47. The number of hydrogen-bond acceptors (Lipinski definition) is 3. The first-order valence-corrected chi connectivity index (χ1v) is 7.96. The van der Waals surface area contributed by atoms with Gasteiger partial charge in [-0.2, -0.15) is 0 Å². The number of benzene rings is 2. The van der Waals surface area contributed by atoms with E-state index in [1.807, 2.05) is 12.1 Å². The summed E-state index contributed by atoms with van der Waals surface area (Å²) in [4.78, 5) is 0. The molecule has 0 aliphatic carbocycles. The second-order valence-corrected chi connectivity index (χ2v) is 5.56. The Bertz CT molecular complexity index is 649. The standard InChI is InChI=1S/C15H15N3Se/c1-2-6-12(7-3-1)8-5-11-16-13-9-4-10-14-15(13)18-19-17-14/h1-4,6-7,9-10,16H,5,8,11H2. The van der Waals surface area contributed by atoms with Gasteiger partial charge in [0.25, 0.3) is 0 Å². The Morgan fingerprint density at radius 1 is 0.947 bits per heavy atom. The monoisotopic (exact) mass is 317 g/mol. The van der Waals surface area contributed by atoms with Crippen molar-refractivity contribution in [3.63, 3.8) is 0 Å². The van der Waals surface area contributed by atoms with Crippen LogP contribution in [-0.4, -0.2) is 29.5 Å². The molecule has 0 spiro atoms. The second-order valence-electron chi connectivity index (χ2n) is 4.45. The number of fused-ring (bicyclic) bond motifs is 1.